The van der Waals surface area contributed by atoms with Crippen molar-refractivity contribution in [1.29, 1.82) is 0 Å². The van der Waals surface area contributed by atoms with Gasteiger partial charge in [0.25, 0.3) is 0 Å². The minimum Gasteiger partial charge on any atom is -0.292 e. The summed E-state index contributed by atoms with van der Waals surface area (Å²) < 4.78 is 26.5. The molecule has 1 aromatic heterocycles. The van der Waals surface area contributed by atoms with Gasteiger partial charge in [0.2, 0.25) is 16.0 Å². The van der Waals surface area contributed by atoms with Crippen molar-refractivity contribution in [2.45, 2.75) is 37.6 Å². The Morgan fingerprint density at radius 2 is 1.88 bits per heavy atom. The molecule has 17 heavy (non-hydrogen) atoms. The molecule has 0 saturated carbocycles. The summed E-state index contributed by atoms with van der Waals surface area (Å²) in [6.45, 7) is 5.52. The maximum atomic E-state index is 12.0. The van der Waals surface area contributed by atoms with Crippen molar-refractivity contribution in [3.63, 3.8) is 0 Å². The van der Waals surface area contributed by atoms with E-state index in [1.54, 1.807) is 13.8 Å². The SMILES string of the molecule is CCC(C)(C)NS(=O)(=O)c1cnc(NN)nc1. The van der Waals surface area contributed by atoms with Crippen molar-refractivity contribution in [2.75, 3.05) is 5.43 Å². The van der Waals surface area contributed by atoms with E-state index >= 15 is 0 Å². The normalized spacial score (nSPS) is 12.5. The second kappa shape index (κ2) is 4.94. The van der Waals surface area contributed by atoms with Gasteiger partial charge in [-0.2, -0.15) is 0 Å². The molecule has 0 saturated heterocycles. The Hall–Kier alpha value is -1.25. The second-order valence-corrected chi connectivity index (χ2v) is 5.91. The van der Waals surface area contributed by atoms with Crippen LogP contribution in [0.3, 0.4) is 0 Å². The van der Waals surface area contributed by atoms with E-state index in [0.717, 1.165) is 0 Å². The van der Waals surface area contributed by atoms with E-state index in [0.29, 0.717) is 6.42 Å². The van der Waals surface area contributed by atoms with Crippen LogP contribution in [-0.4, -0.2) is 23.9 Å². The number of rotatable bonds is 5. The number of hydrogen-bond acceptors (Lipinski definition) is 6. The van der Waals surface area contributed by atoms with Gasteiger partial charge < -0.3 is 0 Å². The molecular formula is C9H17N5O2S. The van der Waals surface area contributed by atoms with Gasteiger partial charge in [-0.3, -0.25) is 5.43 Å². The predicted molar refractivity (Wildman–Crippen MR) is 64.5 cm³/mol. The molecule has 0 aliphatic carbocycles. The third-order valence-electron chi connectivity index (χ3n) is 2.36. The van der Waals surface area contributed by atoms with Gasteiger partial charge in [0.05, 0.1) is 12.4 Å². The first-order chi connectivity index (χ1) is 7.80. The van der Waals surface area contributed by atoms with Crippen LogP contribution in [0.1, 0.15) is 27.2 Å². The van der Waals surface area contributed by atoms with Crippen molar-refractivity contribution >= 4 is 16.0 Å². The summed E-state index contributed by atoms with van der Waals surface area (Å²) in [6, 6.07) is 0. The number of hydrogen-bond donors (Lipinski definition) is 3. The summed E-state index contributed by atoms with van der Waals surface area (Å²) in [4.78, 5) is 7.52. The molecule has 0 amide bonds. The fourth-order valence-corrected chi connectivity index (χ4v) is 2.40. The Labute approximate surface area is 101 Å². The zero-order valence-corrected chi connectivity index (χ0v) is 10.9. The molecule has 0 spiro atoms. The summed E-state index contributed by atoms with van der Waals surface area (Å²) >= 11 is 0. The van der Waals surface area contributed by atoms with Gasteiger partial charge in [0, 0.05) is 5.54 Å². The standard InChI is InChI=1S/C9H17N5O2S/c1-4-9(2,3)14-17(15,16)7-5-11-8(13-10)12-6-7/h5-6,14H,4,10H2,1-3H3,(H,11,12,13). The first-order valence-electron chi connectivity index (χ1n) is 5.13. The van der Waals surface area contributed by atoms with Crippen molar-refractivity contribution in [1.82, 2.24) is 14.7 Å². The number of sulfonamides is 1. The van der Waals surface area contributed by atoms with E-state index < -0.39 is 15.6 Å². The van der Waals surface area contributed by atoms with Crippen LogP contribution in [-0.2, 0) is 10.0 Å². The van der Waals surface area contributed by atoms with Crippen LogP contribution < -0.4 is 16.0 Å². The van der Waals surface area contributed by atoms with E-state index in [4.69, 9.17) is 5.84 Å². The molecule has 1 aromatic rings. The van der Waals surface area contributed by atoms with Crippen molar-refractivity contribution in [3.8, 4) is 0 Å². The highest BCUT2D eigenvalue weighted by Crippen LogP contribution is 2.14. The largest absolute Gasteiger partial charge is 0.292 e. The van der Waals surface area contributed by atoms with E-state index in [1.165, 1.54) is 12.4 Å². The van der Waals surface area contributed by atoms with Crippen LogP contribution in [0.2, 0.25) is 0 Å². The molecule has 7 nitrogen and oxygen atoms in total. The first kappa shape index (κ1) is 13.8. The number of hydrazine groups is 1. The van der Waals surface area contributed by atoms with E-state index in [-0.39, 0.29) is 10.8 Å². The molecule has 0 aliphatic heterocycles. The van der Waals surface area contributed by atoms with E-state index in [2.05, 4.69) is 20.1 Å². The Balaban J connectivity index is 2.97. The molecule has 0 aromatic carbocycles. The minimum atomic E-state index is -3.60. The molecule has 0 bridgehead atoms. The molecule has 1 heterocycles. The van der Waals surface area contributed by atoms with Crippen LogP contribution in [0.25, 0.3) is 0 Å². The molecule has 0 unspecified atom stereocenters. The second-order valence-electron chi connectivity index (χ2n) is 4.23. The third-order valence-corrected chi connectivity index (χ3v) is 4.01. The van der Waals surface area contributed by atoms with Crippen molar-refractivity contribution in [3.05, 3.63) is 12.4 Å². The molecule has 0 atom stereocenters. The fraction of sp³-hybridized carbons (Fsp3) is 0.556. The van der Waals surface area contributed by atoms with Gasteiger partial charge in [0.1, 0.15) is 4.90 Å². The van der Waals surface area contributed by atoms with Crippen molar-refractivity contribution in [2.24, 2.45) is 5.84 Å². The lowest BCUT2D eigenvalue weighted by atomic mass is 10.0. The number of nitrogens with one attached hydrogen (secondary N) is 2. The van der Waals surface area contributed by atoms with Gasteiger partial charge in [0.15, 0.2) is 0 Å². The van der Waals surface area contributed by atoms with Crippen molar-refractivity contribution < 1.29 is 8.42 Å². The monoisotopic (exact) mass is 259 g/mol. The Bertz CT molecular complexity index is 469. The molecular weight excluding hydrogens is 242 g/mol. The highest BCUT2D eigenvalue weighted by molar-refractivity contribution is 7.89. The maximum Gasteiger partial charge on any atom is 0.244 e. The first-order valence-corrected chi connectivity index (χ1v) is 6.62. The highest BCUT2D eigenvalue weighted by Gasteiger charge is 2.25. The molecule has 4 N–H and O–H groups in total. The Kier molecular flexibility index (Phi) is 4.02. The predicted octanol–water partition coefficient (Wildman–Crippen LogP) is 0.229. The fourth-order valence-electron chi connectivity index (χ4n) is 1.02. The summed E-state index contributed by atoms with van der Waals surface area (Å²) in [5.41, 5.74) is 1.72. The number of nitrogens with two attached hydrogens (primary N) is 1. The van der Waals surface area contributed by atoms with Gasteiger partial charge in [-0.1, -0.05) is 6.92 Å². The van der Waals surface area contributed by atoms with Crippen LogP contribution in [0.15, 0.2) is 17.3 Å². The molecule has 0 radical (unpaired) electrons. The van der Waals surface area contributed by atoms with Crippen LogP contribution in [0.4, 0.5) is 5.95 Å². The van der Waals surface area contributed by atoms with Gasteiger partial charge in [-0.15, -0.1) is 0 Å². The minimum absolute atomic E-state index is 0.0121. The number of nitrogens with zero attached hydrogens (tertiary/aromatic N) is 2. The molecule has 0 fully saturated rings. The quantitative estimate of drug-likeness (QED) is 0.515. The zero-order chi connectivity index (χ0) is 13.1. The molecule has 0 aliphatic rings. The van der Waals surface area contributed by atoms with Crippen LogP contribution >= 0.6 is 0 Å². The molecule has 96 valence electrons. The average molecular weight is 259 g/mol. The summed E-state index contributed by atoms with van der Waals surface area (Å²) in [6.07, 6.45) is 3.09. The summed E-state index contributed by atoms with van der Waals surface area (Å²) in [5.74, 6) is 5.26. The lowest BCUT2D eigenvalue weighted by molar-refractivity contribution is 0.439. The number of anilines is 1. The number of nitrogen functional groups attached to an aromatic ring is 1. The summed E-state index contributed by atoms with van der Waals surface area (Å²) in [5, 5.41) is 0. The van der Waals surface area contributed by atoms with Gasteiger partial charge in [-0.25, -0.2) is 29.0 Å². The van der Waals surface area contributed by atoms with E-state index in [9.17, 15) is 8.42 Å². The van der Waals surface area contributed by atoms with Crippen LogP contribution in [0.5, 0.6) is 0 Å². The van der Waals surface area contributed by atoms with Gasteiger partial charge in [-0.05, 0) is 20.3 Å². The van der Waals surface area contributed by atoms with Gasteiger partial charge >= 0.3 is 0 Å². The lowest BCUT2D eigenvalue weighted by Gasteiger charge is -2.23. The third kappa shape index (κ3) is 3.62. The number of aromatic nitrogens is 2. The molecule has 8 heteroatoms. The lowest BCUT2D eigenvalue weighted by Crippen LogP contribution is -2.42. The smallest absolute Gasteiger partial charge is 0.244 e. The topological polar surface area (TPSA) is 110 Å². The Morgan fingerprint density at radius 3 is 2.29 bits per heavy atom. The maximum absolute atomic E-state index is 12.0. The van der Waals surface area contributed by atoms with E-state index in [1.807, 2.05) is 6.92 Å². The highest BCUT2D eigenvalue weighted by atomic mass is 32.2. The summed E-state index contributed by atoms with van der Waals surface area (Å²) in [7, 11) is -3.60. The Morgan fingerprint density at radius 1 is 1.35 bits per heavy atom. The average Bonchev–Trinajstić information content (AvgIpc) is 2.28. The zero-order valence-electron chi connectivity index (χ0n) is 10.1. The van der Waals surface area contributed by atoms with Crippen LogP contribution in [0, 0.1) is 0 Å². The molecule has 1 rings (SSSR count).